The fraction of sp³-hybridized carbons (Fsp3) is 0.364. The first-order valence-electron chi connectivity index (χ1n) is 4.97. The number of aliphatic carboxylic acids is 1. The number of carbonyl (C=O) groups is 1. The van der Waals surface area contributed by atoms with Crippen LogP contribution < -0.4 is 10.5 Å². The maximum absolute atomic E-state index is 10.4. The molecule has 0 aliphatic carbocycles. The van der Waals surface area contributed by atoms with E-state index in [-0.39, 0.29) is 5.56 Å². The summed E-state index contributed by atoms with van der Waals surface area (Å²) in [6, 6.07) is 4.56. The number of benzene rings is 1. The zero-order valence-electron chi connectivity index (χ0n) is 9.33. The van der Waals surface area contributed by atoms with Gasteiger partial charge in [-0.2, -0.15) is 0 Å². The number of aliphatic hydroxyl groups is 2. The fourth-order valence-electron chi connectivity index (χ4n) is 1.48. The lowest BCUT2D eigenvalue weighted by Gasteiger charge is -2.19. The van der Waals surface area contributed by atoms with Crippen LogP contribution in [0.1, 0.15) is 18.1 Å². The average Bonchev–Trinajstić information content (AvgIpc) is 2.27. The van der Waals surface area contributed by atoms with Crippen LogP contribution in [0.5, 0.6) is 5.75 Å². The van der Waals surface area contributed by atoms with Gasteiger partial charge in [-0.05, 0) is 18.2 Å². The minimum atomic E-state index is -1.41. The topological polar surface area (TPSA) is 113 Å². The van der Waals surface area contributed by atoms with E-state index in [2.05, 4.69) is 0 Å². The van der Waals surface area contributed by atoms with Crippen molar-refractivity contribution < 1.29 is 24.9 Å². The van der Waals surface area contributed by atoms with E-state index in [1.807, 2.05) is 0 Å². The Hall–Kier alpha value is -1.79. The molecule has 6 nitrogen and oxygen atoms in total. The molecule has 0 aliphatic heterocycles. The van der Waals surface area contributed by atoms with Gasteiger partial charge in [0.2, 0.25) is 0 Å². The number of hydrogen-bond donors (Lipinski definition) is 4. The average molecular weight is 241 g/mol. The Balaban J connectivity index is 2.97. The number of aliphatic hydroxyl groups excluding tert-OH is 2. The predicted octanol–water partition coefficient (Wildman–Crippen LogP) is 0.146. The Kier molecular flexibility index (Phi) is 4.30. The monoisotopic (exact) mass is 241 g/mol. The third kappa shape index (κ3) is 3.33. The third-order valence-corrected chi connectivity index (χ3v) is 2.32. The summed E-state index contributed by atoms with van der Waals surface area (Å²) in [6.07, 6.45) is -3.33. The Morgan fingerprint density at radius 1 is 1.47 bits per heavy atom. The summed E-state index contributed by atoms with van der Waals surface area (Å²) in [5, 5.41) is 27.9. The van der Waals surface area contributed by atoms with Crippen LogP contribution in [0.4, 0.5) is 5.69 Å². The van der Waals surface area contributed by atoms with Crippen LogP contribution in [-0.2, 0) is 4.79 Å². The summed E-state index contributed by atoms with van der Waals surface area (Å²) in [7, 11) is 1.41. The summed E-state index contributed by atoms with van der Waals surface area (Å²) < 4.78 is 5.00. The Morgan fingerprint density at radius 2 is 2.12 bits per heavy atom. The molecule has 94 valence electrons. The predicted molar refractivity (Wildman–Crippen MR) is 60.6 cm³/mol. The van der Waals surface area contributed by atoms with Gasteiger partial charge in [-0.3, -0.25) is 4.79 Å². The summed E-state index contributed by atoms with van der Waals surface area (Å²) in [4.78, 5) is 10.4. The van der Waals surface area contributed by atoms with Crippen molar-refractivity contribution in [2.75, 3.05) is 12.8 Å². The first kappa shape index (κ1) is 13.3. The molecular formula is C11H15NO5. The van der Waals surface area contributed by atoms with Gasteiger partial charge < -0.3 is 25.8 Å². The molecule has 0 bridgehead atoms. The molecule has 0 heterocycles. The van der Waals surface area contributed by atoms with Gasteiger partial charge in [0.25, 0.3) is 0 Å². The van der Waals surface area contributed by atoms with Crippen molar-refractivity contribution >= 4 is 11.7 Å². The molecule has 0 fully saturated rings. The highest BCUT2D eigenvalue weighted by Gasteiger charge is 2.24. The van der Waals surface area contributed by atoms with E-state index >= 15 is 0 Å². The molecular weight excluding hydrogens is 226 g/mol. The van der Waals surface area contributed by atoms with Gasteiger partial charge in [0, 0.05) is 11.3 Å². The number of nitrogens with two attached hydrogens (primary N) is 1. The second kappa shape index (κ2) is 5.51. The van der Waals surface area contributed by atoms with E-state index in [0.29, 0.717) is 11.4 Å². The Morgan fingerprint density at radius 3 is 2.65 bits per heavy atom. The molecule has 0 aromatic heterocycles. The van der Waals surface area contributed by atoms with Crippen LogP contribution in [0.25, 0.3) is 0 Å². The van der Waals surface area contributed by atoms with Crippen molar-refractivity contribution in [3.8, 4) is 5.75 Å². The lowest BCUT2D eigenvalue weighted by atomic mass is 10.0. The summed E-state index contributed by atoms with van der Waals surface area (Å²) in [5.74, 6) is -0.851. The van der Waals surface area contributed by atoms with Crippen LogP contribution >= 0.6 is 0 Å². The highest BCUT2D eigenvalue weighted by Crippen LogP contribution is 2.30. The van der Waals surface area contributed by atoms with E-state index in [0.717, 1.165) is 0 Å². The van der Waals surface area contributed by atoms with Gasteiger partial charge in [-0.25, -0.2) is 0 Å². The van der Waals surface area contributed by atoms with Crippen molar-refractivity contribution in [2.45, 2.75) is 18.6 Å². The Labute approximate surface area is 98.3 Å². The molecule has 0 saturated heterocycles. The normalized spacial score (nSPS) is 14.1. The summed E-state index contributed by atoms with van der Waals surface area (Å²) in [5.41, 5.74) is 6.21. The van der Waals surface area contributed by atoms with E-state index < -0.39 is 24.6 Å². The highest BCUT2D eigenvalue weighted by molar-refractivity contribution is 5.67. The summed E-state index contributed by atoms with van der Waals surface area (Å²) in [6.45, 7) is 0. The zero-order chi connectivity index (χ0) is 13.0. The number of carboxylic acid groups (broad SMARTS) is 1. The molecule has 0 spiro atoms. The van der Waals surface area contributed by atoms with E-state index in [9.17, 15) is 15.0 Å². The molecule has 0 amide bonds. The smallest absolute Gasteiger partial charge is 0.306 e. The van der Waals surface area contributed by atoms with Crippen molar-refractivity contribution in [2.24, 2.45) is 0 Å². The molecule has 1 rings (SSSR count). The van der Waals surface area contributed by atoms with Crippen molar-refractivity contribution in [1.82, 2.24) is 0 Å². The molecule has 17 heavy (non-hydrogen) atoms. The van der Waals surface area contributed by atoms with Gasteiger partial charge in [-0.1, -0.05) is 0 Å². The van der Waals surface area contributed by atoms with Crippen LogP contribution in [-0.4, -0.2) is 34.5 Å². The first-order valence-corrected chi connectivity index (χ1v) is 4.97. The minimum absolute atomic E-state index is 0.265. The van der Waals surface area contributed by atoms with Gasteiger partial charge in [0.05, 0.1) is 19.6 Å². The molecule has 5 N–H and O–H groups in total. The van der Waals surface area contributed by atoms with E-state index in [4.69, 9.17) is 15.6 Å². The second-order valence-electron chi connectivity index (χ2n) is 3.61. The largest absolute Gasteiger partial charge is 0.496 e. The van der Waals surface area contributed by atoms with Crippen LogP contribution in [0.3, 0.4) is 0 Å². The van der Waals surface area contributed by atoms with Crippen molar-refractivity contribution in [3.63, 3.8) is 0 Å². The first-order chi connectivity index (χ1) is 7.95. The number of anilines is 1. The molecule has 0 radical (unpaired) electrons. The highest BCUT2D eigenvalue weighted by atomic mass is 16.5. The fourth-order valence-corrected chi connectivity index (χ4v) is 1.48. The number of carboxylic acids is 1. The zero-order valence-corrected chi connectivity index (χ0v) is 9.33. The molecule has 0 saturated carbocycles. The maximum atomic E-state index is 10.4. The lowest BCUT2D eigenvalue weighted by molar-refractivity contribution is -0.141. The molecule has 0 aliphatic rings. The molecule has 6 heteroatoms. The molecule has 2 atom stereocenters. The van der Waals surface area contributed by atoms with Crippen LogP contribution in [0.2, 0.25) is 0 Å². The molecule has 1 aromatic rings. The van der Waals surface area contributed by atoms with Crippen LogP contribution in [0, 0.1) is 0 Å². The lowest BCUT2D eigenvalue weighted by Crippen LogP contribution is -2.22. The summed E-state index contributed by atoms with van der Waals surface area (Å²) >= 11 is 0. The Bertz CT molecular complexity index is 407. The van der Waals surface area contributed by atoms with Gasteiger partial charge in [0.1, 0.15) is 11.9 Å². The van der Waals surface area contributed by atoms with E-state index in [1.165, 1.54) is 13.2 Å². The molecule has 1 aromatic carbocycles. The van der Waals surface area contributed by atoms with Crippen molar-refractivity contribution in [1.29, 1.82) is 0 Å². The number of rotatable bonds is 5. The number of nitrogen functional groups attached to an aromatic ring is 1. The van der Waals surface area contributed by atoms with Crippen molar-refractivity contribution in [3.05, 3.63) is 23.8 Å². The van der Waals surface area contributed by atoms with Crippen LogP contribution in [0.15, 0.2) is 18.2 Å². The second-order valence-corrected chi connectivity index (χ2v) is 3.61. The van der Waals surface area contributed by atoms with E-state index in [1.54, 1.807) is 12.1 Å². The number of ether oxygens (including phenoxy) is 1. The quantitative estimate of drug-likeness (QED) is 0.546. The number of methoxy groups -OCH3 is 1. The van der Waals surface area contributed by atoms with Gasteiger partial charge in [0.15, 0.2) is 0 Å². The standard InChI is InChI=1S/C11H15NO5/c1-17-9-3-2-6(12)4-7(9)11(16)8(13)5-10(14)15/h2-4,8,11,13,16H,5,12H2,1H3,(H,14,15). The van der Waals surface area contributed by atoms with Gasteiger partial charge >= 0.3 is 5.97 Å². The molecule has 2 unspecified atom stereocenters. The minimum Gasteiger partial charge on any atom is -0.496 e. The SMILES string of the molecule is COc1ccc(N)cc1C(O)C(O)CC(=O)O. The van der Waals surface area contributed by atoms with Gasteiger partial charge in [-0.15, -0.1) is 0 Å². The number of hydrogen-bond acceptors (Lipinski definition) is 5. The third-order valence-electron chi connectivity index (χ3n) is 2.32. The maximum Gasteiger partial charge on any atom is 0.306 e.